The third-order valence-electron chi connectivity index (χ3n) is 7.81. The van der Waals surface area contributed by atoms with E-state index in [2.05, 4.69) is 15.5 Å². The molecule has 1 aliphatic rings. The Morgan fingerprint density at radius 1 is 1.04 bits per heavy atom. The SMILES string of the molecule is COc1ccc([C@H]2CC(c3cccs3)=NN2C(=O)CSc2nnc(CNC(=O)c3cccc(F)c3)n2-c2cccc(C)c2C)cc1. The summed E-state index contributed by atoms with van der Waals surface area (Å²) in [7, 11) is 1.62. The van der Waals surface area contributed by atoms with Crippen LogP contribution in [-0.4, -0.2) is 50.2 Å². The molecule has 12 heteroatoms. The molecule has 0 bridgehead atoms. The normalized spacial score (nSPS) is 14.3. The Kier molecular flexibility index (Phi) is 9.27. The van der Waals surface area contributed by atoms with Gasteiger partial charge in [0.25, 0.3) is 11.8 Å². The van der Waals surface area contributed by atoms with Crippen molar-refractivity contribution in [2.24, 2.45) is 5.10 Å². The number of halogens is 1. The number of thiophene rings is 1. The molecule has 0 spiro atoms. The molecule has 0 fully saturated rings. The maximum atomic E-state index is 13.8. The van der Waals surface area contributed by atoms with Gasteiger partial charge < -0.3 is 10.1 Å². The number of hydrogen-bond acceptors (Lipinski definition) is 8. The highest BCUT2D eigenvalue weighted by Gasteiger charge is 2.34. The van der Waals surface area contributed by atoms with Crippen molar-refractivity contribution in [1.82, 2.24) is 25.1 Å². The summed E-state index contributed by atoms with van der Waals surface area (Å²) in [5.74, 6) is 0.179. The highest BCUT2D eigenvalue weighted by atomic mass is 32.2. The van der Waals surface area contributed by atoms with Crippen molar-refractivity contribution in [1.29, 1.82) is 0 Å². The summed E-state index contributed by atoms with van der Waals surface area (Å²) >= 11 is 2.85. The van der Waals surface area contributed by atoms with Crippen LogP contribution in [0.2, 0.25) is 0 Å². The van der Waals surface area contributed by atoms with Crippen molar-refractivity contribution >= 4 is 40.6 Å². The summed E-state index contributed by atoms with van der Waals surface area (Å²) in [4.78, 5) is 27.7. The average Bonchev–Trinajstić information content (AvgIpc) is 3.84. The van der Waals surface area contributed by atoms with Crippen LogP contribution in [0.1, 0.15) is 50.2 Å². The Balaban J connectivity index is 1.26. The number of carbonyl (C=O) groups excluding carboxylic acids is 2. The van der Waals surface area contributed by atoms with E-state index in [4.69, 9.17) is 9.84 Å². The number of nitrogens with zero attached hydrogens (tertiary/aromatic N) is 5. The van der Waals surface area contributed by atoms with Crippen LogP contribution in [0.4, 0.5) is 4.39 Å². The number of carbonyl (C=O) groups is 2. The molecule has 1 aliphatic heterocycles. The number of aryl methyl sites for hydroxylation is 1. The van der Waals surface area contributed by atoms with E-state index in [1.54, 1.807) is 29.5 Å². The fraction of sp³-hybridized carbons (Fsp3) is 0.206. The zero-order chi connectivity index (χ0) is 32.2. The van der Waals surface area contributed by atoms with E-state index in [9.17, 15) is 14.0 Å². The maximum absolute atomic E-state index is 13.8. The minimum atomic E-state index is -0.492. The van der Waals surface area contributed by atoms with Crippen LogP contribution in [-0.2, 0) is 11.3 Å². The van der Waals surface area contributed by atoms with Gasteiger partial charge in [-0.15, -0.1) is 21.5 Å². The first-order valence-electron chi connectivity index (χ1n) is 14.6. The van der Waals surface area contributed by atoms with Crippen molar-refractivity contribution in [3.8, 4) is 11.4 Å². The van der Waals surface area contributed by atoms with Gasteiger partial charge in [-0.3, -0.25) is 14.2 Å². The predicted molar refractivity (Wildman–Crippen MR) is 177 cm³/mol. The molecular weight excluding hydrogens is 624 g/mol. The number of hydrazone groups is 1. The van der Waals surface area contributed by atoms with Crippen LogP contribution in [0.25, 0.3) is 5.69 Å². The van der Waals surface area contributed by atoms with Crippen molar-refractivity contribution in [3.63, 3.8) is 0 Å². The van der Waals surface area contributed by atoms with E-state index in [1.165, 1.54) is 30.0 Å². The lowest BCUT2D eigenvalue weighted by Crippen LogP contribution is -2.28. The second-order valence-corrected chi connectivity index (χ2v) is 12.6. The Morgan fingerprint density at radius 2 is 1.85 bits per heavy atom. The summed E-state index contributed by atoms with van der Waals surface area (Å²) in [6, 6.07) is 22.8. The van der Waals surface area contributed by atoms with E-state index < -0.39 is 11.7 Å². The van der Waals surface area contributed by atoms with Crippen LogP contribution in [0.3, 0.4) is 0 Å². The summed E-state index contributed by atoms with van der Waals surface area (Å²) in [5, 5.41) is 20.5. The minimum Gasteiger partial charge on any atom is -0.497 e. The number of nitrogens with one attached hydrogen (secondary N) is 1. The molecule has 3 aromatic carbocycles. The minimum absolute atomic E-state index is 0.0460. The highest BCUT2D eigenvalue weighted by Crippen LogP contribution is 2.35. The first-order valence-corrected chi connectivity index (χ1v) is 16.4. The molecule has 6 rings (SSSR count). The molecule has 2 aromatic heterocycles. The van der Waals surface area contributed by atoms with Crippen LogP contribution >= 0.6 is 23.1 Å². The number of thioether (sulfide) groups is 1. The number of ether oxygens (including phenoxy) is 1. The lowest BCUT2D eigenvalue weighted by molar-refractivity contribution is -0.130. The summed E-state index contributed by atoms with van der Waals surface area (Å²) < 4.78 is 20.9. The number of amides is 2. The molecule has 0 unspecified atom stereocenters. The molecule has 0 saturated heterocycles. The topological polar surface area (TPSA) is 102 Å². The molecule has 3 heterocycles. The summed E-state index contributed by atoms with van der Waals surface area (Å²) in [5.41, 5.74) is 4.96. The fourth-order valence-corrected chi connectivity index (χ4v) is 6.77. The average molecular weight is 655 g/mol. The van der Waals surface area contributed by atoms with E-state index >= 15 is 0 Å². The zero-order valence-corrected chi connectivity index (χ0v) is 27.1. The van der Waals surface area contributed by atoms with E-state index in [0.717, 1.165) is 38.7 Å². The van der Waals surface area contributed by atoms with E-state index in [0.29, 0.717) is 17.4 Å². The zero-order valence-electron chi connectivity index (χ0n) is 25.4. The van der Waals surface area contributed by atoms with Gasteiger partial charge in [-0.2, -0.15) is 5.10 Å². The quantitative estimate of drug-likeness (QED) is 0.173. The largest absolute Gasteiger partial charge is 0.497 e. The number of aromatic nitrogens is 3. The van der Waals surface area contributed by atoms with Gasteiger partial charge in [0.15, 0.2) is 11.0 Å². The Morgan fingerprint density at radius 3 is 2.59 bits per heavy atom. The van der Waals surface area contributed by atoms with E-state index in [-0.39, 0.29) is 29.8 Å². The van der Waals surface area contributed by atoms with Crippen LogP contribution < -0.4 is 10.1 Å². The predicted octanol–water partition coefficient (Wildman–Crippen LogP) is 6.49. The second kappa shape index (κ2) is 13.7. The van der Waals surface area contributed by atoms with E-state index in [1.807, 2.05) is 78.4 Å². The Labute approximate surface area is 274 Å². The van der Waals surface area contributed by atoms with Crippen molar-refractivity contribution in [2.45, 2.75) is 38.0 Å². The third kappa shape index (κ3) is 6.58. The molecule has 46 heavy (non-hydrogen) atoms. The van der Waals surface area contributed by atoms with Crippen molar-refractivity contribution in [2.75, 3.05) is 12.9 Å². The first-order chi connectivity index (χ1) is 22.3. The summed E-state index contributed by atoms with van der Waals surface area (Å²) in [6.07, 6.45) is 0.594. The van der Waals surface area contributed by atoms with Crippen LogP contribution in [0, 0.1) is 19.7 Å². The number of methoxy groups -OCH3 is 1. The number of benzene rings is 3. The Hall–Kier alpha value is -4.81. The van der Waals surface area contributed by atoms with Gasteiger partial charge in [0, 0.05) is 12.0 Å². The van der Waals surface area contributed by atoms with Crippen molar-refractivity contribution in [3.05, 3.63) is 123 Å². The van der Waals surface area contributed by atoms with Gasteiger partial charge in [0.2, 0.25) is 0 Å². The van der Waals surface area contributed by atoms with Gasteiger partial charge in [0.05, 0.1) is 41.7 Å². The molecule has 0 saturated carbocycles. The van der Waals surface area contributed by atoms with Gasteiger partial charge in [-0.1, -0.05) is 48.2 Å². The summed E-state index contributed by atoms with van der Waals surface area (Å²) in [6.45, 7) is 4.06. The monoisotopic (exact) mass is 654 g/mol. The number of hydrogen-bond donors (Lipinski definition) is 1. The first kappa shape index (κ1) is 31.2. The van der Waals surface area contributed by atoms with Gasteiger partial charge >= 0.3 is 0 Å². The molecule has 5 aromatic rings. The lowest BCUT2D eigenvalue weighted by atomic mass is 10.0. The van der Waals surface area contributed by atoms with Gasteiger partial charge in [-0.05, 0) is 78.4 Å². The molecule has 1 N–H and O–H groups in total. The lowest BCUT2D eigenvalue weighted by Gasteiger charge is -2.22. The molecule has 2 amide bonds. The molecule has 0 aliphatic carbocycles. The molecule has 234 valence electrons. The highest BCUT2D eigenvalue weighted by molar-refractivity contribution is 7.99. The third-order valence-corrected chi connectivity index (χ3v) is 9.64. The maximum Gasteiger partial charge on any atom is 0.253 e. The van der Waals surface area contributed by atoms with Gasteiger partial charge in [0.1, 0.15) is 11.6 Å². The fourth-order valence-electron chi connectivity index (χ4n) is 5.23. The van der Waals surface area contributed by atoms with Crippen LogP contribution in [0.5, 0.6) is 5.75 Å². The smallest absolute Gasteiger partial charge is 0.253 e. The van der Waals surface area contributed by atoms with Crippen molar-refractivity contribution < 1.29 is 18.7 Å². The van der Waals surface area contributed by atoms with Crippen LogP contribution in [0.15, 0.2) is 94.5 Å². The number of rotatable bonds is 10. The second-order valence-electron chi connectivity index (χ2n) is 10.7. The molecule has 0 radical (unpaired) electrons. The molecule has 1 atom stereocenters. The van der Waals surface area contributed by atoms with Gasteiger partial charge in [-0.25, -0.2) is 9.40 Å². The Bertz CT molecular complexity index is 1910. The standard InChI is InChI=1S/C34H31FN6O3S2/c1-21-7-4-10-28(22(21)2)40-31(19-36-33(43)24-8-5-9-25(35)17-24)37-38-34(40)46-20-32(42)41-29(23-12-14-26(44-3)15-13-23)18-27(39-41)30-11-6-16-45-30/h4-17,29H,18-20H2,1-3H3,(H,36,43)/t29-/m1/s1. The molecular formula is C34H31FN6O3S2. The molecule has 9 nitrogen and oxygen atoms in total.